The summed E-state index contributed by atoms with van der Waals surface area (Å²) in [6.07, 6.45) is -1.55. The molecule has 43 heavy (non-hydrogen) atoms. The van der Waals surface area contributed by atoms with Gasteiger partial charge in [-0.2, -0.15) is 4.99 Å². The Hall–Kier alpha value is -4.29. The molecule has 1 aliphatic heterocycles. The first kappa shape index (κ1) is 30.2. The van der Waals surface area contributed by atoms with Crippen molar-refractivity contribution in [1.82, 2.24) is 9.55 Å². The van der Waals surface area contributed by atoms with Crippen molar-refractivity contribution in [2.75, 3.05) is 16.0 Å². The van der Waals surface area contributed by atoms with Gasteiger partial charge in [-0.3, -0.25) is 9.69 Å². The first-order valence-corrected chi connectivity index (χ1v) is 14.4. The standard InChI is InChI=1S/C30H25ClF3N5O3S/c1-17(2)22-10-4-18(3)12-26(22)39-27(40)15-43-29(39)37-28(41)36-24-11-7-20(13-23(24)31)38-14-25(35-16-38)19-5-8-21(9-6-19)42-30(32,33)34/h4-14,16-17H,15H2,1-3H3,(H,36,41)/b37-29-. The molecule has 8 nitrogen and oxygen atoms in total. The first-order valence-electron chi connectivity index (χ1n) is 13.0. The van der Waals surface area contributed by atoms with Crippen LogP contribution in [0.15, 0.2) is 78.2 Å². The average Bonchev–Trinajstić information content (AvgIpc) is 3.56. The van der Waals surface area contributed by atoms with Crippen LogP contribution in [0.2, 0.25) is 5.02 Å². The van der Waals surface area contributed by atoms with Gasteiger partial charge >= 0.3 is 12.4 Å². The number of rotatable bonds is 6. The maximum Gasteiger partial charge on any atom is 0.573 e. The molecule has 1 aliphatic rings. The maximum atomic E-state index is 12.9. The van der Waals surface area contributed by atoms with Gasteiger partial charge in [-0.25, -0.2) is 9.78 Å². The topological polar surface area (TPSA) is 88.8 Å². The number of urea groups is 1. The van der Waals surface area contributed by atoms with Gasteiger partial charge in [0.25, 0.3) is 0 Å². The van der Waals surface area contributed by atoms with Crippen LogP contribution in [-0.4, -0.2) is 38.8 Å². The molecule has 5 rings (SSSR count). The Kier molecular flexibility index (Phi) is 8.52. The van der Waals surface area contributed by atoms with Crippen LogP contribution in [0.1, 0.15) is 30.9 Å². The highest BCUT2D eigenvalue weighted by Gasteiger charge is 2.33. The summed E-state index contributed by atoms with van der Waals surface area (Å²) in [5.74, 6) is -0.152. The van der Waals surface area contributed by atoms with Crippen LogP contribution in [0, 0.1) is 6.92 Å². The highest BCUT2D eigenvalue weighted by Crippen LogP contribution is 2.35. The fourth-order valence-corrected chi connectivity index (χ4v) is 5.53. The Morgan fingerprint density at radius 3 is 2.53 bits per heavy atom. The maximum absolute atomic E-state index is 12.9. The van der Waals surface area contributed by atoms with E-state index in [0.29, 0.717) is 28.3 Å². The van der Waals surface area contributed by atoms with Crippen molar-refractivity contribution in [2.45, 2.75) is 33.1 Å². The van der Waals surface area contributed by atoms with Crippen molar-refractivity contribution >= 4 is 51.8 Å². The van der Waals surface area contributed by atoms with Gasteiger partial charge in [0.1, 0.15) is 5.75 Å². The van der Waals surface area contributed by atoms with E-state index in [-0.39, 0.29) is 33.5 Å². The largest absolute Gasteiger partial charge is 0.573 e. The van der Waals surface area contributed by atoms with E-state index in [2.05, 4.69) is 20.0 Å². The molecule has 4 aromatic rings. The lowest BCUT2D eigenvalue weighted by Gasteiger charge is -2.22. The highest BCUT2D eigenvalue weighted by atomic mass is 35.5. The van der Waals surface area contributed by atoms with Crippen LogP contribution in [0.25, 0.3) is 16.9 Å². The van der Waals surface area contributed by atoms with Gasteiger partial charge in [0, 0.05) is 17.4 Å². The molecule has 0 saturated carbocycles. The molecule has 0 unspecified atom stereocenters. The molecule has 0 radical (unpaired) electrons. The second kappa shape index (κ2) is 12.1. The summed E-state index contributed by atoms with van der Waals surface area (Å²) in [6.45, 7) is 6.02. The zero-order valence-corrected chi connectivity index (χ0v) is 24.7. The van der Waals surface area contributed by atoms with Crippen molar-refractivity contribution in [1.29, 1.82) is 0 Å². The van der Waals surface area contributed by atoms with E-state index in [1.807, 2.05) is 39.0 Å². The number of halogens is 4. The van der Waals surface area contributed by atoms with E-state index in [1.165, 1.54) is 47.3 Å². The van der Waals surface area contributed by atoms with Crippen molar-refractivity contribution in [3.8, 4) is 22.7 Å². The van der Waals surface area contributed by atoms with E-state index < -0.39 is 12.4 Å². The van der Waals surface area contributed by atoms with Crippen LogP contribution < -0.4 is 15.0 Å². The third-order valence-electron chi connectivity index (χ3n) is 6.47. The van der Waals surface area contributed by atoms with E-state index in [1.54, 1.807) is 29.0 Å². The zero-order chi connectivity index (χ0) is 30.9. The molecule has 1 N–H and O–H groups in total. The van der Waals surface area contributed by atoms with Crippen LogP contribution in [0.4, 0.5) is 29.3 Å². The Morgan fingerprint density at radius 1 is 1.12 bits per heavy atom. The molecule has 3 amide bonds. The van der Waals surface area contributed by atoms with E-state index in [4.69, 9.17) is 11.6 Å². The Morgan fingerprint density at radius 2 is 1.86 bits per heavy atom. The van der Waals surface area contributed by atoms with Gasteiger partial charge in [-0.05, 0) is 72.5 Å². The molecule has 2 heterocycles. The second-order valence-electron chi connectivity index (χ2n) is 9.96. The lowest BCUT2D eigenvalue weighted by Crippen LogP contribution is -2.31. The number of aromatic nitrogens is 2. The van der Waals surface area contributed by atoms with Crippen LogP contribution in [-0.2, 0) is 4.79 Å². The van der Waals surface area contributed by atoms with E-state index >= 15 is 0 Å². The monoisotopic (exact) mass is 627 g/mol. The minimum absolute atomic E-state index is 0.156. The molecule has 1 fully saturated rings. The van der Waals surface area contributed by atoms with Gasteiger partial charge in [-0.15, -0.1) is 13.2 Å². The quantitative estimate of drug-likeness (QED) is 0.233. The molecule has 0 bridgehead atoms. The van der Waals surface area contributed by atoms with Gasteiger partial charge in [-0.1, -0.05) is 49.3 Å². The molecule has 0 aliphatic carbocycles. The van der Waals surface area contributed by atoms with Crippen LogP contribution >= 0.6 is 23.4 Å². The first-order chi connectivity index (χ1) is 20.4. The Bertz CT molecular complexity index is 1720. The van der Waals surface area contributed by atoms with Crippen molar-refractivity contribution in [3.63, 3.8) is 0 Å². The fourth-order valence-electron chi connectivity index (χ4n) is 4.45. The van der Waals surface area contributed by atoms with Crippen molar-refractivity contribution in [2.24, 2.45) is 4.99 Å². The summed E-state index contributed by atoms with van der Waals surface area (Å²) in [5, 5.41) is 3.20. The Labute approximate surface area is 254 Å². The summed E-state index contributed by atoms with van der Waals surface area (Å²) in [4.78, 5) is 35.7. The zero-order valence-electron chi connectivity index (χ0n) is 23.1. The molecule has 0 atom stereocenters. The van der Waals surface area contributed by atoms with Gasteiger partial charge in [0.15, 0.2) is 5.17 Å². The second-order valence-corrected chi connectivity index (χ2v) is 11.3. The number of carbonyl (C=O) groups excluding carboxylic acids is 2. The molecule has 3 aromatic carbocycles. The fraction of sp³-hybridized carbons (Fsp3) is 0.200. The summed E-state index contributed by atoms with van der Waals surface area (Å²) in [7, 11) is 0. The predicted octanol–water partition coefficient (Wildman–Crippen LogP) is 8.19. The number of carbonyl (C=O) groups is 2. The number of ether oxygens (including phenoxy) is 1. The lowest BCUT2D eigenvalue weighted by atomic mass is 9.99. The third kappa shape index (κ3) is 7.03. The molecular weight excluding hydrogens is 603 g/mol. The SMILES string of the molecule is Cc1ccc(C(C)C)c(N2C(=O)CS/C2=N\C(=O)Nc2ccc(-n3cnc(-c4ccc(OC(F)(F)F)cc4)c3)cc2Cl)c1. The normalized spacial score (nSPS) is 14.6. The van der Waals surface area contributed by atoms with Crippen molar-refractivity contribution < 1.29 is 27.5 Å². The molecular formula is C30H25ClF3N5O3S. The molecule has 222 valence electrons. The number of anilines is 2. The van der Waals surface area contributed by atoms with Gasteiger partial charge in [0.05, 0.1) is 34.2 Å². The number of aliphatic imine (C=N–C) groups is 1. The lowest BCUT2D eigenvalue weighted by molar-refractivity contribution is -0.274. The predicted molar refractivity (Wildman–Crippen MR) is 162 cm³/mol. The number of imidazole rings is 1. The summed E-state index contributed by atoms with van der Waals surface area (Å²) in [6, 6.07) is 15.5. The number of aryl methyl sites for hydroxylation is 1. The Balaban J connectivity index is 1.31. The molecule has 1 aromatic heterocycles. The van der Waals surface area contributed by atoms with Crippen LogP contribution in [0.5, 0.6) is 5.75 Å². The van der Waals surface area contributed by atoms with E-state index in [0.717, 1.165) is 11.1 Å². The molecule has 13 heteroatoms. The number of thioether (sulfide) groups is 1. The summed E-state index contributed by atoms with van der Waals surface area (Å²) >= 11 is 7.67. The number of amides is 3. The van der Waals surface area contributed by atoms with E-state index in [9.17, 15) is 22.8 Å². The van der Waals surface area contributed by atoms with Crippen LogP contribution in [0.3, 0.4) is 0 Å². The summed E-state index contributed by atoms with van der Waals surface area (Å²) < 4.78 is 42.9. The summed E-state index contributed by atoms with van der Waals surface area (Å²) in [5.41, 5.74) is 4.73. The number of alkyl halides is 3. The minimum atomic E-state index is -4.77. The number of nitrogens with one attached hydrogen (secondary N) is 1. The van der Waals surface area contributed by atoms with Gasteiger partial charge in [0.2, 0.25) is 5.91 Å². The number of hydrogen-bond acceptors (Lipinski definition) is 5. The highest BCUT2D eigenvalue weighted by molar-refractivity contribution is 8.15. The van der Waals surface area contributed by atoms with Gasteiger partial charge < -0.3 is 14.6 Å². The van der Waals surface area contributed by atoms with Crippen molar-refractivity contribution in [3.05, 3.63) is 89.3 Å². The molecule has 1 saturated heterocycles. The minimum Gasteiger partial charge on any atom is -0.406 e. The average molecular weight is 628 g/mol. The molecule has 0 spiro atoms. The number of nitrogens with zero attached hydrogens (tertiary/aromatic N) is 4. The number of benzene rings is 3. The number of amidine groups is 1. The number of hydrogen-bond donors (Lipinski definition) is 1. The third-order valence-corrected chi connectivity index (χ3v) is 7.71. The smallest absolute Gasteiger partial charge is 0.406 e.